The summed E-state index contributed by atoms with van der Waals surface area (Å²) >= 11 is 0. The number of morpholine rings is 1. The number of pyridine rings is 1. The van der Waals surface area contributed by atoms with E-state index in [0.717, 1.165) is 34.4 Å². The highest BCUT2D eigenvalue weighted by Crippen LogP contribution is 2.40. The van der Waals surface area contributed by atoms with Crippen LogP contribution in [0.4, 0.5) is 23.9 Å². The van der Waals surface area contributed by atoms with Crippen LogP contribution in [0.5, 0.6) is 5.88 Å². The Hall–Kier alpha value is -4.71. The van der Waals surface area contributed by atoms with Gasteiger partial charge in [-0.2, -0.15) is 13.2 Å². The van der Waals surface area contributed by atoms with Crippen LogP contribution in [0.25, 0.3) is 22.3 Å². The van der Waals surface area contributed by atoms with E-state index in [9.17, 15) is 18.0 Å². The minimum absolute atomic E-state index is 0.0145. The van der Waals surface area contributed by atoms with Gasteiger partial charge in [-0.05, 0) is 62.6 Å². The van der Waals surface area contributed by atoms with E-state index in [1.165, 1.54) is 12.0 Å². The molecule has 2 aromatic carbocycles. The summed E-state index contributed by atoms with van der Waals surface area (Å²) in [6.45, 7) is 9.71. The number of aromatic nitrogens is 3. The molecule has 0 bridgehead atoms. The molecule has 2 aliphatic heterocycles. The Morgan fingerprint density at radius 2 is 1.70 bits per heavy atom. The fourth-order valence-corrected chi connectivity index (χ4v) is 6.22. The van der Waals surface area contributed by atoms with Crippen LogP contribution in [0.2, 0.25) is 0 Å². The molecule has 0 saturated carbocycles. The second-order valence-corrected chi connectivity index (χ2v) is 12.0. The number of aryl methyl sites for hydroxylation is 3. The third kappa shape index (κ3) is 6.60. The molecule has 0 spiro atoms. The molecule has 12 heteroatoms. The summed E-state index contributed by atoms with van der Waals surface area (Å²) < 4.78 is 57.9. The van der Waals surface area contributed by atoms with Crippen LogP contribution < -0.4 is 9.64 Å². The van der Waals surface area contributed by atoms with Crippen molar-refractivity contribution in [3.05, 3.63) is 88.4 Å². The number of anilines is 1. The summed E-state index contributed by atoms with van der Waals surface area (Å²) in [6, 6.07) is 11.3. The Morgan fingerprint density at radius 1 is 0.936 bits per heavy atom. The fourth-order valence-electron chi connectivity index (χ4n) is 6.22. The molecule has 2 atom stereocenters. The van der Waals surface area contributed by atoms with E-state index in [1.807, 2.05) is 30.9 Å². The number of cyclic esters (lactones) is 1. The van der Waals surface area contributed by atoms with Gasteiger partial charge in [-0.1, -0.05) is 35.4 Å². The van der Waals surface area contributed by atoms with Crippen LogP contribution in [0.3, 0.4) is 0 Å². The van der Waals surface area contributed by atoms with Gasteiger partial charge in [0.25, 0.3) is 0 Å². The van der Waals surface area contributed by atoms with Crippen molar-refractivity contribution in [2.75, 3.05) is 38.3 Å². The number of rotatable bonds is 7. The van der Waals surface area contributed by atoms with Gasteiger partial charge < -0.3 is 19.1 Å². The number of hydrogen-bond acceptors (Lipinski definition) is 8. The first-order valence-corrected chi connectivity index (χ1v) is 15.4. The summed E-state index contributed by atoms with van der Waals surface area (Å²) in [7, 11) is 1.53. The molecule has 2 fully saturated rings. The summed E-state index contributed by atoms with van der Waals surface area (Å²) in [5, 5.41) is 0. The molecule has 1 amide bonds. The number of carbonyl (C=O) groups excluding carboxylic acids is 1. The van der Waals surface area contributed by atoms with Gasteiger partial charge in [0, 0.05) is 42.2 Å². The first kappa shape index (κ1) is 32.2. The largest absolute Gasteiger partial charge is 0.481 e. The fraction of sp³-hybridized carbons (Fsp3) is 0.371. The third-order valence-corrected chi connectivity index (χ3v) is 8.64. The smallest absolute Gasteiger partial charge is 0.416 e. The minimum Gasteiger partial charge on any atom is -0.481 e. The van der Waals surface area contributed by atoms with E-state index < -0.39 is 30.0 Å². The summed E-state index contributed by atoms with van der Waals surface area (Å²) in [6.07, 6.45) is -2.63. The van der Waals surface area contributed by atoms with Crippen molar-refractivity contribution < 1.29 is 32.2 Å². The maximum absolute atomic E-state index is 13.6. The van der Waals surface area contributed by atoms with Gasteiger partial charge in [-0.3, -0.25) is 4.90 Å². The number of benzene rings is 2. The first-order valence-electron chi connectivity index (χ1n) is 15.4. The number of halogens is 3. The Balaban J connectivity index is 1.41. The molecular formula is C35H36F3N5O4. The van der Waals surface area contributed by atoms with E-state index in [4.69, 9.17) is 24.2 Å². The number of amides is 1. The molecule has 4 aromatic rings. The van der Waals surface area contributed by atoms with Crippen LogP contribution >= 0.6 is 0 Å². The first-order chi connectivity index (χ1) is 22.4. The van der Waals surface area contributed by atoms with Gasteiger partial charge in [-0.25, -0.2) is 19.7 Å². The van der Waals surface area contributed by atoms with Crippen molar-refractivity contribution in [3.8, 4) is 28.1 Å². The molecule has 9 nitrogen and oxygen atoms in total. The SMILES string of the molecule is COc1ncc(-c2ccc(C)cc2C)cc1-c1cnc(N2CCOCC2)nc1CN1C(=O)O[C@H](c2cc(C)cc(C(F)(F)F)c2)[C@@H]1C. The van der Waals surface area contributed by atoms with Gasteiger partial charge >= 0.3 is 12.3 Å². The lowest BCUT2D eigenvalue weighted by atomic mass is 9.96. The van der Waals surface area contributed by atoms with Crippen LogP contribution in [-0.4, -0.2) is 65.4 Å². The molecule has 0 unspecified atom stereocenters. The third-order valence-electron chi connectivity index (χ3n) is 8.64. The van der Waals surface area contributed by atoms with Crippen molar-refractivity contribution in [3.63, 3.8) is 0 Å². The quantitative estimate of drug-likeness (QED) is 0.210. The lowest BCUT2D eigenvalue weighted by Crippen LogP contribution is -2.38. The lowest BCUT2D eigenvalue weighted by Gasteiger charge is -2.28. The number of alkyl halides is 3. The van der Waals surface area contributed by atoms with Crippen molar-refractivity contribution in [1.29, 1.82) is 0 Å². The van der Waals surface area contributed by atoms with Crippen LogP contribution in [0.1, 0.15) is 46.5 Å². The molecule has 2 aliphatic rings. The van der Waals surface area contributed by atoms with Crippen LogP contribution in [0, 0.1) is 20.8 Å². The molecule has 2 saturated heterocycles. The lowest BCUT2D eigenvalue weighted by molar-refractivity contribution is -0.137. The summed E-state index contributed by atoms with van der Waals surface area (Å²) in [5.74, 6) is 0.839. The zero-order valence-corrected chi connectivity index (χ0v) is 26.9. The predicted octanol–water partition coefficient (Wildman–Crippen LogP) is 7.08. The molecule has 0 radical (unpaired) electrons. The van der Waals surface area contributed by atoms with E-state index >= 15 is 0 Å². The molecule has 0 aliphatic carbocycles. The second kappa shape index (κ2) is 12.8. The average Bonchev–Trinajstić information content (AvgIpc) is 3.32. The van der Waals surface area contributed by atoms with Gasteiger partial charge in [0.2, 0.25) is 11.8 Å². The highest BCUT2D eigenvalue weighted by atomic mass is 19.4. The normalized spacial score (nSPS) is 18.4. The Bertz CT molecular complexity index is 1810. The molecule has 4 heterocycles. The topological polar surface area (TPSA) is 89.9 Å². The average molecular weight is 648 g/mol. The monoisotopic (exact) mass is 647 g/mol. The molecule has 2 aromatic heterocycles. The predicted molar refractivity (Wildman–Crippen MR) is 170 cm³/mol. The molecular weight excluding hydrogens is 611 g/mol. The van der Waals surface area contributed by atoms with Crippen molar-refractivity contribution in [2.45, 2.75) is 52.6 Å². The van der Waals surface area contributed by atoms with E-state index in [-0.39, 0.29) is 12.1 Å². The van der Waals surface area contributed by atoms with Gasteiger partial charge in [-0.15, -0.1) is 0 Å². The van der Waals surface area contributed by atoms with Crippen LogP contribution in [-0.2, 0) is 22.2 Å². The van der Waals surface area contributed by atoms with E-state index in [2.05, 4.69) is 17.1 Å². The van der Waals surface area contributed by atoms with Crippen molar-refractivity contribution >= 4 is 12.0 Å². The number of ether oxygens (including phenoxy) is 3. The molecule has 47 heavy (non-hydrogen) atoms. The van der Waals surface area contributed by atoms with Crippen molar-refractivity contribution in [2.24, 2.45) is 0 Å². The summed E-state index contributed by atoms with van der Waals surface area (Å²) in [4.78, 5) is 31.1. The van der Waals surface area contributed by atoms with Crippen molar-refractivity contribution in [1.82, 2.24) is 19.9 Å². The Labute approximate surface area is 271 Å². The zero-order chi connectivity index (χ0) is 33.5. The number of carbonyl (C=O) groups is 1. The Kier molecular flexibility index (Phi) is 8.80. The number of hydrogen-bond donors (Lipinski definition) is 0. The Morgan fingerprint density at radius 3 is 2.40 bits per heavy atom. The highest BCUT2D eigenvalue weighted by Gasteiger charge is 2.42. The number of nitrogens with zero attached hydrogens (tertiary/aromatic N) is 5. The standard InChI is InChI=1S/C35H36F3N5O4/c1-20-6-7-27(22(3)12-20)25-16-28(32(45-5)39-17-25)29-18-40-33(42-8-10-46-11-9-42)41-30(29)19-43-23(4)31(47-34(43)44)24-13-21(2)14-26(15-24)35(36,37)38/h6-7,12-18,23,31H,8-11,19H2,1-5H3/t23-,31-/m0/s1. The highest BCUT2D eigenvalue weighted by molar-refractivity contribution is 5.79. The van der Waals surface area contributed by atoms with E-state index in [0.29, 0.717) is 60.5 Å². The zero-order valence-electron chi connectivity index (χ0n) is 26.9. The van der Waals surface area contributed by atoms with Gasteiger partial charge in [0.05, 0.1) is 44.2 Å². The van der Waals surface area contributed by atoms with E-state index in [1.54, 1.807) is 32.3 Å². The van der Waals surface area contributed by atoms with Gasteiger partial charge in [0.1, 0.15) is 6.10 Å². The maximum atomic E-state index is 13.6. The molecule has 246 valence electrons. The molecule has 6 rings (SSSR count). The molecule has 0 N–H and O–H groups in total. The number of methoxy groups -OCH3 is 1. The van der Waals surface area contributed by atoms with Crippen LogP contribution in [0.15, 0.2) is 54.9 Å². The minimum atomic E-state index is -4.53. The second-order valence-electron chi connectivity index (χ2n) is 12.0. The maximum Gasteiger partial charge on any atom is 0.416 e. The van der Waals surface area contributed by atoms with Gasteiger partial charge in [0.15, 0.2) is 0 Å². The summed E-state index contributed by atoms with van der Waals surface area (Å²) in [5.41, 5.74) is 5.80.